The van der Waals surface area contributed by atoms with Crippen LogP contribution < -0.4 is 9.47 Å². The van der Waals surface area contributed by atoms with E-state index >= 15 is 0 Å². The van der Waals surface area contributed by atoms with Gasteiger partial charge in [-0.25, -0.2) is 0 Å². The number of ether oxygens (including phenoxy) is 2. The van der Waals surface area contributed by atoms with Crippen molar-refractivity contribution in [3.05, 3.63) is 27.7 Å². The highest BCUT2D eigenvalue weighted by atomic mass is 79.9. The zero-order chi connectivity index (χ0) is 16.8. The Morgan fingerprint density at radius 1 is 1.39 bits per heavy atom. The zero-order valence-electron chi connectivity index (χ0n) is 13.3. The van der Waals surface area contributed by atoms with Gasteiger partial charge >= 0.3 is 0 Å². The van der Waals surface area contributed by atoms with E-state index in [2.05, 4.69) is 15.9 Å². The van der Waals surface area contributed by atoms with Crippen LogP contribution in [0.4, 0.5) is 0 Å². The van der Waals surface area contributed by atoms with Gasteiger partial charge in [-0.05, 0) is 43.5 Å². The van der Waals surface area contributed by atoms with Gasteiger partial charge in [0.05, 0.1) is 13.7 Å². The minimum Gasteiger partial charge on any atom is -0.493 e. The summed E-state index contributed by atoms with van der Waals surface area (Å²) in [5.74, 6) is 0.959. The Hall–Kier alpha value is -2.00. The van der Waals surface area contributed by atoms with E-state index in [1.165, 1.54) is 0 Å². The van der Waals surface area contributed by atoms with Gasteiger partial charge in [0.2, 0.25) is 0 Å². The second-order valence-electron chi connectivity index (χ2n) is 5.13. The first-order valence-corrected chi connectivity index (χ1v) is 8.31. The molecule has 1 saturated heterocycles. The molecule has 0 aliphatic carbocycles. The van der Waals surface area contributed by atoms with Crippen LogP contribution in [0.25, 0.3) is 6.08 Å². The second kappa shape index (κ2) is 8.02. The molecule has 1 aromatic carbocycles. The van der Waals surface area contributed by atoms with Gasteiger partial charge in [0.15, 0.2) is 11.5 Å². The van der Waals surface area contributed by atoms with Gasteiger partial charge in [-0.2, -0.15) is 5.26 Å². The summed E-state index contributed by atoms with van der Waals surface area (Å²) < 4.78 is 11.6. The molecule has 1 fully saturated rings. The van der Waals surface area contributed by atoms with E-state index < -0.39 is 0 Å². The largest absolute Gasteiger partial charge is 0.493 e. The van der Waals surface area contributed by atoms with E-state index in [1.54, 1.807) is 30.2 Å². The Morgan fingerprint density at radius 3 is 2.65 bits per heavy atom. The van der Waals surface area contributed by atoms with Crippen molar-refractivity contribution in [3.63, 3.8) is 0 Å². The van der Waals surface area contributed by atoms with Crippen LogP contribution in [0.15, 0.2) is 22.2 Å². The average Bonchev–Trinajstić information content (AvgIpc) is 3.08. The molecule has 0 bridgehead atoms. The molecule has 5 nitrogen and oxygen atoms in total. The molecule has 23 heavy (non-hydrogen) atoms. The van der Waals surface area contributed by atoms with Crippen LogP contribution in [-0.4, -0.2) is 37.6 Å². The van der Waals surface area contributed by atoms with Crippen molar-refractivity contribution in [1.29, 1.82) is 5.26 Å². The quantitative estimate of drug-likeness (QED) is 0.581. The number of carbonyl (C=O) groups is 1. The lowest BCUT2D eigenvalue weighted by Crippen LogP contribution is -2.28. The molecular formula is C17H19BrN2O3. The molecule has 0 aromatic heterocycles. The van der Waals surface area contributed by atoms with E-state index in [-0.39, 0.29) is 11.5 Å². The van der Waals surface area contributed by atoms with Crippen molar-refractivity contribution in [2.75, 3.05) is 26.8 Å². The lowest BCUT2D eigenvalue weighted by Gasteiger charge is -2.15. The predicted octanol–water partition coefficient (Wildman–Crippen LogP) is 3.39. The number of rotatable bonds is 5. The maximum Gasteiger partial charge on any atom is 0.264 e. The molecule has 1 aromatic rings. The molecule has 1 aliphatic rings. The van der Waals surface area contributed by atoms with Crippen LogP contribution in [-0.2, 0) is 4.79 Å². The predicted molar refractivity (Wildman–Crippen MR) is 91.3 cm³/mol. The van der Waals surface area contributed by atoms with Crippen LogP contribution in [0, 0.1) is 11.3 Å². The highest BCUT2D eigenvalue weighted by Gasteiger charge is 2.22. The summed E-state index contributed by atoms with van der Waals surface area (Å²) in [5, 5.41) is 9.34. The fourth-order valence-electron chi connectivity index (χ4n) is 2.48. The number of carbonyl (C=O) groups excluding carboxylic acids is 1. The molecule has 1 heterocycles. The van der Waals surface area contributed by atoms with Crippen molar-refractivity contribution >= 4 is 27.9 Å². The number of likely N-dealkylation sites (tertiary alicyclic amines) is 1. The summed E-state index contributed by atoms with van der Waals surface area (Å²) >= 11 is 3.46. The molecule has 0 N–H and O–H groups in total. The van der Waals surface area contributed by atoms with E-state index in [1.807, 2.05) is 13.0 Å². The van der Waals surface area contributed by atoms with E-state index in [0.29, 0.717) is 36.8 Å². The Morgan fingerprint density at radius 2 is 2.09 bits per heavy atom. The molecule has 2 rings (SSSR count). The van der Waals surface area contributed by atoms with Crippen LogP contribution in [0.1, 0.15) is 25.3 Å². The molecule has 6 heteroatoms. The zero-order valence-corrected chi connectivity index (χ0v) is 14.9. The summed E-state index contributed by atoms with van der Waals surface area (Å²) in [4.78, 5) is 14.1. The third-order valence-corrected chi connectivity index (χ3v) is 4.31. The lowest BCUT2D eigenvalue weighted by atomic mass is 10.1. The number of methoxy groups -OCH3 is 1. The van der Waals surface area contributed by atoms with Gasteiger partial charge in [-0.15, -0.1) is 0 Å². The molecule has 1 amide bonds. The van der Waals surface area contributed by atoms with Crippen LogP contribution >= 0.6 is 15.9 Å². The average molecular weight is 379 g/mol. The molecule has 122 valence electrons. The minimum absolute atomic E-state index is 0.124. The fraction of sp³-hybridized carbons (Fsp3) is 0.412. The molecule has 0 spiro atoms. The SMILES string of the molecule is CCOc1cc(Br)c(/C=C(\C#N)C(=O)N2CCCC2)cc1OC. The molecule has 0 unspecified atom stereocenters. The van der Waals surface area contributed by atoms with Crippen molar-refractivity contribution in [3.8, 4) is 17.6 Å². The number of benzene rings is 1. The first-order valence-electron chi connectivity index (χ1n) is 7.52. The maximum atomic E-state index is 12.4. The third kappa shape index (κ3) is 4.05. The number of nitriles is 1. The van der Waals surface area contributed by atoms with E-state index in [4.69, 9.17) is 9.47 Å². The Balaban J connectivity index is 2.35. The molecule has 0 saturated carbocycles. The second-order valence-corrected chi connectivity index (χ2v) is 5.98. The lowest BCUT2D eigenvalue weighted by molar-refractivity contribution is -0.125. The minimum atomic E-state index is -0.218. The summed E-state index contributed by atoms with van der Waals surface area (Å²) in [7, 11) is 1.56. The summed E-state index contributed by atoms with van der Waals surface area (Å²) in [5.41, 5.74) is 0.827. The molecular weight excluding hydrogens is 360 g/mol. The molecule has 0 atom stereocenters. The Bertz CT molecular complexity index is 659. The summed E-state index contributed by atoms with van der Waals surface area (Å²) in [6.07, 6.45) is 3.57. The van der Waals surface area contributed by atoms with Gasteiger partial charge in [0.1, 0.15) is 11.6 Å². The topological polar surface area (TPSA) is 62.6 Å². The molecule has 1 aliphatic heterocycles. The smallest absolute Gasteiger partial charge is 0.264 e. The van der Waals surface area contributed by atoms with Gasteiger partial charge in [-0.1, -0.05) is 15.9 Å². The van der Waals surface area contributed by atoms with Gasteiger partial charge in [0, 0.05) is 17.6 Å². The van der Waals surface area contributed by atoms with Crippen LogP contribution in [0.5, 0.6) is 11.5 Å². The number of amides is 1. The van der Waals surface area contributed by atoms with Crippen molar-refractivity contribution in [2.24, 2.45) is 0 Å². The maximum absolute atomic E-state index is 12.4. The number of nitrogens with zero attached hydrogens (tertiary/aromatic N) is 2. The normalized spacial score (nSPS) is 14.5. The number of halogens is 1. The summed E-state index contributed by atoms with van der Waals surface area (Å²) in [6, 6.07) is 5.54. The number of hydrogen-bond acceptors (Lipinski definition) is 4. The Labute approximate surface area is 144 Å². The first kappa shape index (κ1) is 17.4. The first-order chi connectivity index (χ1) is 11.1. The standard InChI is InChI=1S/C17H19BrN2O3/c1-3-23-16-10-14(18)12(9-15(16)22-2)8-13(11-19)17(21)20-6-4-5-7-20/h8-10H,3-7H2,1-2H3/b13-8+. The van der Waals surface area contributed by atoms with Crippen molar-refractivity contribution in [1.82, 2.24) is 4.90 Å². The third-order valence-electron chi connectivity index (χ3n) is 3.63. The Kier molecular flexibility index (Phi) is 6.05. The summed E-state index contributed by atoms with van der Waals surface area (Å²) in [6.45, 7) is 3.84. The van der Waals surface area contributed by atoms with Gasteiger partial charge < -0.3 is 14.4 Å². The number of hydrogen-bond donors (Lipinski definition) is 0. The molecule has 0 radical (unpaired) electrons. The fourth-order valence-corrected chi connectivity index (χ4v) is 2.91. The van der Waals surface area contributed by atoms with Crippen LogP contribution in [0.2, 0.25) is 0 Å². The van der Waals surface area contributed by atoms with Crippen molar-refractivity contribution in [2.45, 2.75) is 19.8 Å². The van der Waals surface area contributed by atoms with Gasteiger partial charge in [0.25, 0.3) is 5.91 Å². The van der Waals surface area contributed by atoms with E-state index in [9.17, 15) is 10.1 Å². The highest BCUT2D eigenvalue weighted by Crippen LogP contribution is 2.34. The van der Waals surface area contributed by atoms with Gasteiger partial charge in [-0.3, -0.25) is 4.79 Å². The monoisotopic (exact) mass is 378 g/mol. The highest BCUT2D eigenvalue weighted by molar-refractivity contribution is 9.10. The van der Waals surface area contributed by atoms with Crippen molar-refractivity contribution < 1.29 is 14.3 Å². The van der Waals surface area contributed by atoms with E-state index in [0.717, 1.165) is 17.3 Å². The van der Waals surface area contributed by atoms with Crippen LogP contribution in [0.3, 0.4) is 0 Å².